The van der Waals surface area contributed by atoms with Crippen LogP contribution in [0.5, 0.6) is 0 Å². The molecule has 2 heterocycles. The van der Waals surface area contributed by atoms with Crippen LogP contribution in [0.15, 0.2) is 84.1 Å². The first kappa shape index (κ1) is 32.1. The Bertz CT molecular complexity index is 1360. The normalized spacial score (nSPS) is 12.6. The first-order chi connectivity index (χ1) is 20.9. The lowest BCUT2D eigenvalue weighted by atomic mass is 10.0. The number of alkyl carbamates (subject to hydrolysis) is 1. The fraction of sp³-hybridized carbons (Fsp3) is 0.375. The molecular formula is C32H39N5O4S2. The Morgan fingerprint density at radius 1 is 0.860 bits per heavy atom. The lowest BCUT2D eigenvalue weighted by Crippen LogP contribution is -2.52. The number of nitrogens with one attached hydrogen (secondary N) is 1. The van der Waals surface area contributed by atoms with Gasteiger partial charge >= 0.3 is 12.2 Å². The summed E-state index contributed by atoms with van der Waals surface area (Å²) in [6.45, 7) is 6.40. The average Bonchev–Trinajstić information content (AvgIpc) is 3.72. The van der Waals surface area contributed by atoms with Crippen LogP contribution in [0.1, 0.15) is 29.9 Å². The molecule has 228 valence electrons. The fourth-order valence-electron chi connectivity index (χ4n) is 5.04. The molecule has 0 saturated heterocycles. The van der Waals surface area contributed by atoms with Gasteiger partial charge in [0.1, 0.15) is 11.6 Å². The van der Waals surface area contributed by atoms with Gasteiger partial charge in [0.2, 0.25) is 0 Å². The van der Waals surface area contributed by atoms with Crippen LogP contribution in [-0.4, -0.2) is 65.9 Å². The van der Waals surface area contributed by atoms with Crippen LogP contribution in [0.2, 0.25) is 0 Å². The molecule has 11 heteroatoms. The van der Waals surface area contributed by atoms with Gasteiger partial charge in [-0.05, 0) is 29.9 Å². The van der Waals surface area contributed by atoms with E-state index in [1.807, 2.05) is 36.4 Å². The molecule has 4 rings (SSSR count). The summed E-state index contributed by atoms with van der Waals surface area (Å²) >= 11 is 2.85. The number of benzene rings is 2. The van der Waals surface area contributed by atoms with Gasteiger partial charge < -0.3 is 14.8 Å². The van der Waals surface area contributed by atoms with Gasteiger partial charge in [-0.3, -0.25) is 19.8 Å². The molecule has 2 atom stereocenters. The van der Waals surface area contributed by atoms with Crippen LogP contribution in [0.3, 0.4) is 0 Å². The summed E-state index contributed by atoms with van der Waals surface area (Å²) in [5, 5.41) is 3.84. The van der Waals surface area contributed by atoms with Crippen molar-refractivity contribution in [2.75, 3.05) is 31.6 Å². The second-order valence-corrected chi connectivity index (χ2v) is 12.5. The molecule has 2 aromatic heterocycles. The minimum atomic E-state index is -0.472. The van der Waals surface area contributed by atoms with Gasteiger partial charge in [-0.1, -0.05) is 74.5 Å². The predicted molar refractivity (Wildman–Crippen MR) is 172 cm³/mol. The SMILES string of the molecule is COC(=O)N(c1cncs1)[C@@H](Cc1ccccc1)CN(CC(C)C)C[C@@H](Cc1ccccc1)NC(=O)OCc1cncs1. The first-order valence-corrected chi connectivity index (χ1v) is 16.0. The fourth-order valence-corrected chi connectivity index (χ4v) is 6.23. The van der Waals surface area contributed by atoms with Crippen LogP contribution in [-0.2, 0) is 28.9 Å². The van der Waals surface area contributed by atoms with E-state index in [2.05, 4.69) is 58.3 Å². The molecule has 0 radical (unpaired) electrons. The number of hydrogen-bond donors (Lipinski definition) is 1. The number of amides is 2. The van der Waals surface area contributed by atoms with Crippen molar-refractivity contribution in [3.8, 4) is 0 Å². The predicted octanol–water partition coefficient (Wildman–Crippen LogP) is 6.28. The van der Waals surface area contributed by atoms with Crippen molar-refractivity contribution in [2.45, 2.75) is 45.4 Å². The summed E-state index contributed by atoms with van der Waals surface area (Å²) in [5.41, 5.74) is 5.66. The second kappa shape index (κ2) is 16.7. The Morgan fingerprint density at radius 2 is 1.51 bits per heavy atom. The number of thiazole rings is 2. The number of carbonyl (C=O) groups is 2. The molecule has 2 amide bonds. The lowest BCUT2D eigenvalue weighted by Gasteiger charge is -2.36. The summed E-state index contributed by atoms with van der Waals surface area (Å²) in [6, 6.07) is 19.8. The number of hydrogen-bond acceptors (Lipinski definition) is 9. The van der Waals surface area contributed by atoms with Crippen LogP contribution in [0, 0.1) is 5.92 Å². The van der Waals surface area contributed by atoms with E-state index < -0.39 is 12.2 Å². The van der Waals surface area contributed by atoms with Crippen LogP contribution in [0.25, 0.3) is 0 Å². The Kier molecular flexibility index (Phi) is 12.5. The standard InChI is InChI=1S/C32H39N5O4S2/c1-24(2)18-36(19-27(14-25-10-6-4-7-11-25)35-31(38)41-21-29-16-33-22-42-29)20-28(15-26-12-8-5-9-13-26)37(32(39)40-3)30-17-34-23-43-30/h4-13,16-17,22-24,27-28H,14-15,18-21H2,1-3H3,(H,35,38)/t27-,28+/m1/s1. The van der Waals surface area contributed by atoms with Crippen LogP contribution >= 0.6 is 22.7 Å². The average molecular weight is 622 g/mol. The number of methoxy groups -OCH3 is 1. The summed E-state index contributed by atoms with van der Waals surface area (Å²) < 4.78 is 10.8. The van der Waals surface area contributed by atoms with E-state index in [0.29, 0.717) is 31.8 Å². The van der Waals surface area contributed by atoms with Gasteiger partial charge in [-0.15, -0.1) is 22.7 Å². The van der Waals surface area contributed by atoms with Crippen molar-refractivity contribution < 1.29 is 19.1 Å². The smallest absolute Gasteiger partial charge is 0.415 e. The maximum Gasteiger partial charge on any atom is 0.415 e. The molecule has 0 aliphatic carbocycles. The van der Waals surface area contributed by atoms with Crippen molar-refractivity contribution >= 4 is 39.9 Å². The van der Waals surface area contributed by atoms with E-state index in [4.69, 9.17) is 9.47 Å². The van der Waals surface area contributed by atoms with E-state index in [1.54, 1.807) is 28.3 Å². The van der Waals surface area contributed by atoms with Crippen molar-refractivity contribution in [3.05, 3.63) is 100 Å². The number of nitrogens with zero attached hydrogens (tertiary/aromatic N) is 4. The van der Waals surface area contributed by atoms with Crippen molar-refractivity contribution in [2.24, 2.45) is 5.92 Å². The van der Waals surface area contributed by atoms with E-state index in [-0.39, 0.29) is 18.7 Å². The highest BCUT2D eigenvalue weighted by molar-refractivity contribution is 7.14. The summed E-state index contributed by atoms with van der Waals surface area (Å²) in [4.78, 5) is 39.4. The Hall–Kier alpha value is -3.80. The number of aromatic nitrogens is 2. The topological polar surface area (TPSA) is 96.9 Å². The van der Waals surface area contributed by atoms with Crippen molar-refractivity contribution in [3.63, 3.8) is 0 Å². The van der Waals surface area contributed by atoms with Crippen molar-refractivity contribution in [1.29, 1.82) is 0 Å². The molecule has 4 aromatic rings. The molecule has 2 aromatic carbocycles. The van der Waals surface area contributed by atoms with E-state index in [1.165, 1.54) is 29.8 Å². The lowest BCUT2D eigenvalue weighted by molar-refractivity contribution is 0.130. The molecule has 0 unspecified atom stereocenters. The van der Waals surface area contributed by atoms with Gasteiger partial charge in [0.15, 0.2) is 0 Å². The molecule has 9 nitrogen and oxygen atoms in total. The Morgan fingerprint density at radius 3 is 2.09 bits per heavy atom. The molecule has 0 fully saturated rings. The summed E-state index contributed by atoms with van der Waals surface area (Å²) in [5.74, 6) is 0.350. The maximum atomic E-state index is 13.2. The highest BCUT2D eigenvalue weighted by Gasteiger charge is 2.31. The number of ether oxygens (including phenoxy) is 2. The second-order valence-electron chi connectivity index (χ2n) is 10.7. The van der Waals surface area contributed by atoms with E-state index >= 15 is 0 Å². The van der Waals surface area contributed by atoms with Gasteiger partial charge in [-0.2, -0.15) is 0 Å². The summed E-state index contributed by atoms with van der Waals surface area (Å²) in [7, 11) is 1.40. The van der Waals surface area contributed by atoms with E-state index in [0.717, 1.165) is 27.5 Å². The largest absolute Gasteiger partial charge is 0.452 e. The zero-order valence-corrected chi connectivity index (χ0v) is 26.4. The quantitative estimate of drug-likeness (QED) is 0.167. The van der Waals surface area contributed by atoms with Crippen LogP contribution in [0.4, 0.5) is 14.6 Å². The van der Waals surface area contributed by atoms with Gasteiger partial charge in [0.25, 0.3) is 0 Å². The van der Waals surface area contributed by atoms with Crippen LogP contribution < -0.4 is 10.2 Å². The zero-order valence-electron chi connectivity index (χ0n) is 24.8. The molecule has 43 heavy (non-hydrogen) atoms. The monoisotopic (exact) mass is 621 g/mol. The molecule has 0 aliphatic rings. The third-order valence-corrected chi connectivity index (χ3v) is 8.28. The molecule has 0 aliphatic heterocycles. The highest BCUT2D eigenvalue weighted by atomic mass is 32.1. The molecular weight excluding hydrogens is 583 g/mol. The highest BCUT2D eigenvalue weighted by Crippen LogP contribution is 2.25. The molecule has 0 saturated carbocycles. The third-order valence-electron chi connectivity index (χ3n) is 6.75. The maximum absolute atomic E-state index is 13.2. The van der Waals surface area contributed by atoms with Gasteiger partial charge in [0.05, 0.1) is 35.2 Å². The van der Waals surface area contributed by atoms with Crippen molar-refractivity contribution in [1.82, 2.24) is 20.2 Å². The number of rotatable bonds is 15. The third kappa shape index (κ3) is 10.5. The number of anilines is 1. The minimum absolute atomic E-state index is 0.173. The first-order valence-electron chi connectivity index (χ1n) is 14.3. The molecule has 0 spiro atoms. The van der Waals surface area contributed by atoms with Gasteiger partial charge in [0, 0.05) is 31.9 Å². The Labute approximate surface area is 261 Å². The van der Waals surface area contributed by atoms with E-state index in [9.17, 15) is 9.59 Å². The number of carbonyl (C=O) groups excluding carboxylic acids is 2. The molecule has 0 bridgehead atoms. The summed E-state index contributed by atoms with van der Waals surface area (Å²) in [6.07, 6.45) is 3.75. The van der Waals surface area contributed by atoms with Gasteiger partial charge in [-0.25, -0.2) is 9.59 Å². The molecule has 1 N–H and O–H groups in total. The zero-order chi connectivity index (χ0) is 30.4. The minimum Gasteiger partial charge on any atom is -0.452 e. The Balaban J connectivity index is 1.58.